The zero-order chi connectivity index (χ0) is 21.5. The summed E-state index contributed by atoms with van der Waals surface area (Å²) in [5.74, 6) is 0.845. The summed E-state index contributed by atoms with van der Waals surface area (Å²) >= 11 is 8.88. The highest BCUT2D eigenvalue weighted by Crippen LogP contribution is 2.32. The van der Waals surface area contributed by atoms with Gasteiger partial charge in [-0.15, -0.1) is 0 Å². The van der Waals surface area contributed by atoms with E-state index in [0.717, 1.165) is 10.5 Å². The largest absolute Gasteiger partial charge is 0.305 e. The number of carbonyl (C=O) groups is 1. The van der Waals surface area contributed by atoms with Gasteiger partial charge in [0.05, 0.1) is 4.90 Å². The number of nitrogens with one attached hydrogen (secondary N) is 1. The molecular weight excluding hydrogens is 448 g/mol. The Bertz CT molecular complexity index is 1160. The maximum Gasteiger partial charge on any atom is 0.276 e. The molecule has 0 spiro atoms. The highest BCUT2D eigenvalue weighted by molar-refractivity contribution is 7.99. The zero-order valence-corrected chi connectivity index (χ0v) is 18.6. The number of benzene rings is 2. The molecule has 0 aliphatic heterocycles. The highest BCUT2D eigenvalue weighted by atomic mass is 35.5. The van der Waals surface area contributed by atoms with Crippen LogP contribution in [-0.4, -0.2) is 20.9 Å². The summed E-state index contributed by atoms with van der Waals surface area (Å²) in [6, 6.07) is 22.8. The van der Waals surface area contributed by atoms with Crippen molar-refractivity contribution in [3.05, 3.63) is 101 Å². The van der Waals surface area contributed by atoms with E-state index in [2.05, 4.69) is 20.3 Å². The van der Waals surface area contributed by atoms with Gasteiger partial charge in [0.15, 0.2) is 5.16 Å². The van der Waals surface area contributed by atoms with Gasteiger partial charge in [-0.2, -0.15) is 0 Å². The third-order valence-corrected chi connectivity index (χ3v) is 6.32. The maximum atomic E-state index is 13.0. The number of hydrogen-bond donors (Lipinski definition) is 1. The Labute approximate surface area is 193 Å². The van der Waals surface area contributed by atoms with Crippen LogP contribution in [0.2, 0.25) is 5.02 Å². The fourth-order valence-corrected chi connectivity index (χ4v) is 4.39. The molecule has 0 bridgehead atoms. The fraction of sp³-hybridized carbons (Fsp3) is 0.0435. The van der Waals surface area contributed by atoms with Gasteiger partial charge in [0.25, 0.3) is 5.91 Å². The molecule has 2 heterocycles. The Balaban J connectivity index is 1.59. The first-order chi connectivity index (χ1) is 15.2. The van der Waals surface area contributed by atoms with E-state index in [9.17, 15) is 4.79 Å². The lowest BCUT2D eigenvalue weighted by atomic mass is 10.2. The van der Waals surface area contributed by atoms with E-state index in [4.69, 9.17) is 11.6 Å². The molecule has 1 amide bonds. The van der Waals surface area contributed by atoms with Crippen LogP contribution in [0.25, 0.3) is 0 Å². The molecule has 4 aromatic rings. The molecule has 2 aromatic carbocycles. The van der Waals surface area contributed by atoms with Crippen molar-refractivity contribution in [2.24, 2.45) is 0 Å². The number of halogens is 1. The first-order valence-electron chi connectivity index (χ1n) is 9.37. The lowest BCUT2D eigenvalue weighted by molar-refractivity contribution is 0.101. The zero-order valence-electron chi connectivity index (χ0n) is 16.2. The molecule has 31 heavy (non-hydrogen) atoms. The predicted octanol–water partition coefficient (Wildman–Crippen LogP) is 6.22. The molecule has 2 aromatic heterocycles. The van der Waals surface area contributed by atoms with Crippen molar-refractivity contribution in [1.29, 1.82) is 0 Å². The summed E-state index contributed by atoms with van der Waals surface area (Å²) in [5.41, 5.74) is 1.46. The standard InChI is InChI=1S/C23H17ClN4OS2/c24-17-9-11-18(12-10-17)31-19-14-26-23(30-15-16-6-2-1-3-7-16)28-21(19)22(29)27-20-8-4-5-13-25-20/h1-14H,15H2,(H,25,27,29). The van der Waals surface area contributed by atoms with Crippen LogP contribution in [0.1, 0.15) is 16.1 Å². The molecule has 0 radical (unpaired) electrons. The second kappa shape index (κ2) is 10.4. The van der Waals surface area contributed by atoms with Gasteiger partial charge < -0.3 is 5.32 Å². The van der Waals surface area contributed by atoms with Gasteiger partial charge in [0.1, 0.15) is 11.5 Å². The fourth-order valence-electron chi connectivity index (χ4n) is 2.63. The molecule has 0 unspecified atom stereocenters. The van der Waals surface area contributed by atoms with Crippen LogP contribution in [0.3, 0.4) is 0 Å². The second-order valence-electron chi connectivity index (χ2n) is 6.36. The van der Waals surface area contributed by atoms with E-state index in [-0.39, 0.29) is 5.91 Å². The lowest BCUT2D eigenvalue weighted by Crippen LogP contribution is -2.16. The number of nitrogens with zero attached hydrogens (tertiary/aromatic N) is 3. The summed E-state index contributed by atoms with van der Waals surface area (Å²) in [4.78, 5) is 27.8. The van der Waals surface area contributed by atoms with Gasteiger partial charge in [0, 0.05) is 28.1 Å². The van der Waals surface area contributed by atoms with Crippen molar-refractivity contribution in [3.8, 4) is 0 Å². The Morgan fingerprint density at radius 3 is 2.45 bits per heavy atom. The van der Waals surface area contributed by atoms with Crippen molar-refractivity contribution in [2.45, 2.75) is 20.7 Å². The number of thioether (sulfide) groups is 1. The molecule has 0 saturated carbocycles. The van der Waals surface area contributed by atoms with Crippen LogP contribution >= 0.6 is 35.1 Å². The molecule has 0 atom stereocenters. The van der Waals surface area contributed by atoms with Gasteiger partial charge >= 0.3 is 0 Å². The minimum atomic E-state index is -0.334. The van der Waals surface area contributed by atoms with Crippen LogP contribution in [0.4, 0.5) is 5.82 Å². The topological polar surface area (TPSA) is 67.8 Å². The molecule has 4 rings (SSSR count). The van der Waals surface area contributed by atoms with Crippen LogP contribution in [0, 0.1) is 0 Å². The van der Waals surface area contributed by atoms with E-state index in [1.165, 1.54) is 23.5 Å². The molecule has 0 aliphatic carbocycles. The van der Waals surface area contributed by atoms with Crippen molar-refractivity contribution in [1.82, 2.24) is 15.0 Å². The quantitative estimate of drug-likeness (QED) is 0.258. The minimum Gasteiger partial charge on any atom is -0.305 e. The average Bonchev–Trinajstić information content (AvgIpc) is 2.81. The van der Waals surface area contributed by atoms with Crippen molar-refractivity contribution in [2.75, 3.05) is 5.32 Å². The molecule has 1 N–H and O–H groups in total. The van der Waals surface area contributed by atoms with Gasteiger partial charge in [-0.05, 0) is 42.0 Å². The van der Waals surface area contributed by atoms with E-state index in [1.807, 2.05) is 60.7 Å². The van der Waals surface area contributed by atoms with Crippen molar-refractivity contribution in [3.63, 3.8) is 0 Å². The smallest absolute Gasteiger partial charge is 0.276 e. The Kier molecular flexibility index (Phi) is 7.19. The third kappa shape index (κ3) is 6.07. The van der Waals surface area contributed by atoms with Gasteiger partial charge in [-0.25, -0.2) is 15.0 Å². The van der Waals surface area contributed by atoms with Gasteiger partial charge in [-0.3, -0.25) is 4.79 Å². The van der Waals surface area contributed by atoms with E-state index in [0.29, 0.717) is 32.3 Å². The number of amides is 1. The molecule has 0 fully saturated rings. The molecule has 0 aliphatic rings. The van der Waals surface area contributed by atoms with Gasteiger partial charge in [0.2, 0.25) is 0 Å². The summed E-state index contributed by atoms with van der Waals surface area (Å²) in [5, 5.41) is 4.00. The van der Waals surface area contributed by atoms with E-state index in [1.54, 1.807) is 24.5 Å². The summed E-state index contributed by atoms with van der Waals surface area (Å²) in [6.07, 6.45) is 3.31. The van der Waals surface area contributed by atoms with Crippen LogP contribution in [0.15, 0.2) is 100 Å². The molecule has 154 valence electrons. The van der Waals surface area contributed by atoms with Crippen LogP contribution < -0.4 is 5.32 Å². The number of hydrogen-bond acceptors (Lipinski definition) is 6. The lowest BCUT2D eigenvalue weighted by Gasteiger charge is -2.10. The normalized spacial score (nSPS) is 10.6. The molecular formula is C23H17ClN4OS2. The predicted molar refractivity (Wildman–Crippen MR) is 126 cm³/mol. The molecule has 0 saturated heterocycles. The van der Waals surface area contributed by atoms with Crippen molar-refractivity contribution >= 4 is 46.8 Å². The Morgan fingerprint density at radius 1 is 0.935 bits per heavy atom. The molecule has 8 heteroatoms. The number of pyridine rings is 1. The minimum absolute atomic E-state index is 0.302. The first-order valence-corrected chi connectivity index (χ1v) is 11.5. The van der Waals surface area contributed by atoms with Crippen LogP contribution in [-0.2, 0) is 5.75 Å². The molecule has 5 nitrogen and oxygen atoms in total. The number of rotatable bonds is 7. The van der Waals surface area contributed by atoms with E-state index < -0.39 is 0 Å². The summed E-state index contributed by atoms with van der Waals surface area (Å²) in [6.45, 7) is 0. The maximum absolute atomic E-state index is 13.0. The van der Waals surface area contributed by atoms with Gasteiger partial charge in [-0.1, -0.05) is 71.5 Å². The SMILES string of the molecule is O=C(Nc1ccccn1)c1nc(SCc2ccccc2)ncc1Sc1ccc(Cl)cc1. The monoisotopic (exact) mass is 464 g/mol. The number of carbonyl (C=O) groups excluding carboxylic acids is 1. The number of anilines is 1. The second-order valence-corrected chi connectivity index (χ2v) is 8.86. The Hall–Kier alpha value is -2.87. The number of aromatic nitrogens is 3. The Morgan fingerprint density at radius 2 is 1.71 bits per heavy atom. The van der Waals surface area contributed by atoms with Crippen molar-refractivity contribution < 1.29 is 4.79 Å². The summed E-state index contributed by atoms with van der Waals surface area (Å²) < 4.78 is 0. The highest BCUT2D eigenvalue weighted by Gasteiger charge is 2.17. The average molecular weight is 465 g/mol. The third-order valence-electron chi connectivity index (χ3n) is 4.11. The van der Waals surface area contributed by atoms with E-state index >= 15 is 0 Å². The first kappa shape index (κ1) is 21.4. The van der Waals surface area contributed by atoms with Crippen LogP contribution in [0.5, 0.6) is 0 Å². The summed E-state index contributed by atoms with van der Waals surface area (Å²) in [7, 11) is 0.